The SMILES string of the molecule is COc1ncc(-c2cnnc3ccc(-c4ccnnc4)cc23)cc1NS(=O)(=O)c1ccc(F)cc1F. The van der Waals surface area contributed by atoms with Crippen molar-refractivity contribution < 1.29 is 21.9 Å². The average molecular weight is 506 g/mol. The molecule has 0 aliphatic heterocycles. The Morgan fingerprint density at radius 1 is 0.861 bits per heavy atom. The summed E-state index contributed by atoms with van der Waals surface area (Å²) in [4.78, 5) is 3.49. The van der Waals surface area contributed by atoms with Gasteiger partial charge in [0.25, 0.3) is 10.0 Å². The second-order valence-corrected chi connectivity index (χ2v) is 9.23. The molecular formula is C24H16F2N6O3S. The van der Waals surface area contributed by atoms with E-state index in [-0.39, 0.29) is 11.6 Å². The van der Waals surface area contributed by atoms with E-state index in [0.717, 1.165) is 28.6 Å². The van der Waals surface area contributed by atoms with E-state index in [0.29, 0.717) is 22.7 Å². The van der Waals surface area contributed by atoms with Gasteiger partial charge >= 0.3 is 0 Å². The minimum Gasteiger partial charge on any atom is -0.480 e. The van der Waals surface area contributed by atoms with Gasteiger partial charge in [-0.3, -0.25) is 4.72 Å². The fourth-order valence-corrected chi connectivity index (χ4v) is 4.77. The third-order valence-corrected chi connectivity index (χ3v) is 6.74. The van der Waals surface area contributed by atoms with Crippen molar-refractivity contribution in [2.75, 3.05) is 11.8 Å². The molecule has 9 nitrogen and oxygen atoms in total. The Bertz CT molecular complexity index is 1700. The quantitative estimate of drug-likeness (QED) is 0.363. The zero-order valence-corrected chi connectivity index (χ0v) is 19.4. The Labute approximate surface area is 203 Å². The molecule has 2 aromatic carbocycles. The molecule has 5 rings (SSSR count). The van der Waals surface area contributed by atoms with Gasteiger partial charge in [0, 0.05) is 34.3 Å². The summed E-state index contributed by atoms with van der Waals surface area (Å²) in [5.41, 5.74) is 3.38. The first kappa shape index (κ1) is 23.2. The Kier molecular flexibility index (Phi) is 5.94. The summed E-state index contributed by atoms with van der Waals surface area (Å²) in [6.07, 6.45) is 6.23. The molecule has 0 saturated carbocycles. The molecule has 0 bridgehead atoms. The zero-order valence-electron chi connectivity index (χ0n) is 18.6. The first-order valence-corrected chi connectivity index (χ1v) is 11.9. The van der Waals surface area contributed by atoms with E-state index < -0.39 is 26.6 Å². The summed E-state index contributed by atoms with van der Waals surface area (Å²) in [5, 5.41) is 16.6. The minimum atomic E-state index is -4.43. The molecule has 0 radical (unpaired) electrons. The largest absolute Gasteiger partial charge is 0.480 e. The monoisotopic (exact) mass is 506 g/mol. The fourth-order valence-electron chi connectivity index (χ4n) is 3.66. The number of anilines is 1. The molecule has 180 valence electrons. The van der Waals surface area contributed by atoms with Gasteiger partial charge in [-0.15, -0.1) is 0 Å². The number of pyridine rings is 1. The molecular weight excluding hydrogens is 490 g/mol. The summed E-state index contributed by atoms with van der Waals surface area (Å²) in [6.45, 7) is 0. The van der Waals surface area contributed by atoms with Gasteiger partial charge in [-0.2, -0.15) is 20.4 Å². The summed E-state index contributed by atoms with van der Waals surface area (Å²) < 4.78 is 60.7. The van der Waals surface area contributed by atoms with E-state index in [4.69, 9.17) is 4.74 Å². The van der Waals surface area contributed by atoms with Crippen LogP contribution in [0.2, 0.25) is 0 Å². The predicted octanol–water partition coefficient (Wildman–Crippen LogP) is 4.24. The van der Waals surface area contributed by atoms with Crippen molar-refractivity contribution in [3.8, 4) is 28.1 Å². The summed E-state index contributed by atoms with van der Waals surface area (Å²) in [5.74, 6) is -2.17. The van der Waals surface area contributed by atoms with E-state index in [2.05, 4.69) is 30.1 Å². The van der Waals surface area contributed by atoms with Crippen LogP contribution in [0.4, 0.5) is 14.5 Å². The van der Waals surface area contributed by atoms with Crippen LogP contribution in [0.5, 0.6) is 5.88 Å². The number of benzene rings is 2. The molecule has 0 amide bonds. The zero-order chi connectivity index (χ0) is 25.3. The van der Waals surface area contributed by atoms with Gasteiger partial charge < -0.3 is 4.74 Å². The van der Waals surface area contributed by atoms with Crippen molar-refractivity contribution in [3.05, 3.63) is 85.0 Å². The number of hydrogen-bond donors (Lipinski definition) is 1. The molecule has 36 heavy (non-hydrogen) atoms. The van der Waals surface area contributed by atoms with Crippen molar-refractivity contribution in [3.63, 3.8) is 0 Å². The molecule has 0 unspecified atom stereocenters. The lowest BCUT2D eigenvalue weighted by Gasteiger charge is -2.14. The molecule has 0 spiro atoms. The molecule has 0 aliphatic carbocycles. The number of nitrogens with one attached hydrogen (secondary N) is 1. The molecule has 5 aromatic rings. The minimum absolute atomic E-state index is 0.0419. The lowest BCUT2D eigenvalue weighted by atomic mass is 10.00. The molecule has 0 fully saturated rings. The number of nitrogens with zero attached hydrogens (tertiary/aromatic N) is 5. The van der Waals surface area contributed by atoms with Crippen molar-refractivity contribution in [2.45, 2.75) is 4.90 Å². The van der Waals surface area contributed by atoms with Gasteiger partial charge in [-0.25, -0.2) is 22.2 Å². The van der Waals surface area contributed by atoms with E-state index in [1.54, 1.807) is 18.5 Å². The Balaban J connectivity index is 1.60. The van der Waals surface area contributed by atoms with Crippen LogP contribution in [0.15, 0.2) is 78.2 Å². The van der Waals surface area contributed by atoms with Crippen LogP contribution in [0.1, 0.15) is 0 Å². The molecule has 3 aromatic heterocycles. The maximum atomic E-state index is 14.2. The van der Waals surface area contributed by atoms with E-state index in [9.17, 15) is 17.2 Å². The topological polar surface area (TPSA) is 120 Å². The van der Waals surface area contributed by atoms with Gasteiger partial charge in [0.05, 0.1) is 31.2 Å². The number of hydrogen-bond acceptors (Lipinski definition) is 8. The third-order valence-electron chi connectivity index (χ3n) is 5.34. The van der Waals surface area contributed by atoms with E-state index >= 15 is 0 Å². The summed E-state index contributed by atoms with van der Waals surface area (Å²) in [6, 6.07) is 11.1. The van der Waals surface area contributed by atoms with E-state index in [1.807, 2.05) is 18.2 Å². The first-order chi connectivity index (χ1) is 17.4. The number of rotatable bonds is 6. The van der Waals surface area contributed by atoms with Crippen LogP contribution in [0, 0.1) is 11.6 Å². The second kappa shape index (κ2) is 9.23. The van der Waals surface area contributed by atoms with Crippen LogP contribution >= 0.6 is 0 Å². The highest BCUT2D eigenvalue weighted by Gasteiger charge is 2.22. The smallest absolute Gasteiger partial charge is 0.264 e. The van der Waals surface area contributed by atoms with Gasteiger partial charge in [0.15, 0.2) is 0 Å². The Morgan fingerprint density at radius 3 is 2.47 bits per heavy atom. The lowest BCUT2D eigenvalue weighted by Crippen LogP contribution is -2.15. The van der Waals surface area contributed by atoms with Gasteiger partial charge in [-0.1, -0.05) is 6.07 Å². The average Bonchev–Trinajstić information content (AvgIpc) is 2.88. The number of fused-ring (bicyclic) bond motifs is 1. The molecule has 1 N–H and O–H groups in total. The third kappa shape index (κ3) is 4.41. The number of methoxy groups -OCH3 is 1. The maximum Gasteiger partial charge on any atom is 0.264 e. The van der Waals surface area contributed by atoms with Crippen LogP contribution < -0.4 is 9.46 Å². The predicted molar refractivity (Wildman–Crippen MR) is 128 cm³/mol. The molecule has 3 heterocycles. The van der Waals surface area contributed by atoms with Crippen molar-refractivity contribution in [2.24, 2.45) is 0 Å². The summed E-state index contributed by atoms with van der Waals surface area (Å²) >= 11 is 0. The molecule has 0 atom stereocenters. The number of aromatic nitrogens is 5. The second-order valence-electron chi connectivity index (χ2n) is 7.58. The number of halogens is 2. The summed E-state index contributed by atoms with van der Waals surface area (Å²) in [7, 11) is -3.11. The van der Waals surface area contributed by atoms with Gasteiger partial charge in [-0.05, 0) is 42.0 Å². The van der Waals surface area contributed by atoms with Crippen LogP contribution in [-0.4, -0.2) is 40.9 Å². The van der Waals surface area contributed by atoms with Crippen LogP contribution in [0.3, 0.4) is 0 Å². The van der Waals surface area contributed by atoms with Crippen LogP contribution in [-0.2, 0) is 10.0 Å². The molecule has 12 heteroatoms. The Morgan fingerprint density at radius 2 is 1.72 bits per heavy atom. The van der Waals surface area contributed by atoms with E-state index in [1.165, 1.54) is 25.6 Å². The van der Waals surface area contributed by atoms with Crippen molar-refractivity contribution >= 4 is 26.6 Å². The Hall–Kier alpha value is -4.58. The maximum absolute atomic E-state index is 14.2. The van der Waals surface area contributed by atoms with Gasteiger partial charge in [0.2, 0.25) is 5.88 Å². The standard InChI is InChI=1S/C24H16F2N6O3S/c1-35-24-22(32-36(33,34)23-5-3-17(25)10-20(23)26)9-16(11-27-24)19-13-30-31-21-4-2-14(8-18(19)21)15-6-7-28-29-12-15/h2-13,32H,1H3. The van der Waals surface area contributed by atoms with Crippen LogP contribution in [0.25, 0.3) is 33.2 Å². The normalized spacial score (nSPS) is 11.4. The van der Waals surface area contributed by atoms with Crippen molar-refractivity contribution in [1.29, 1.82) is 0 Å². The highest BCUT2D eigenvalue weighted by atomic mass is 32.2. The highest BCUT2D eigenvalue weighted by Crippen LogP contribution is 2.34. The van der Waals surface area contributed by atoms with Crippen molar-refractivity contribution in [1.82, 2.24) is 25.4 Å². The fraction of sp³-hybridized carbons (Fsp3) is 0.0417. The molecule has 0 saturated heterocycles. The first-order valence-electron chi connectivity index (χ1n) is 10.4. The lowest BCUT2D eigenvalue weighted by molar-refractivity contribution is 0.400. The number of ether oxygens (including phenoxy) is 1. The highest BCUT2D eigenvalue weighted by molar-refractivity contribution is 7.92. The number of sulfonamides is 1. The van der Waals surface area contributed by atoms with Gasteiger partial charge in [0.1, 0.15) is 22.2 Å². The molecule has 0 aliphatic rings.